The number of urea groups is 1. The van der Waals surface area contributed by atoms with E-state index in [4.69, 9.17) is 5.73 Å². The molecule has 0 unspecified atom stereocenters. The third kappa shape index (κ3) is 2.58. The zero-order chi connectivity index (χ0) is 9.68. The van der Waals surface area contributed by atoms with Crippen LogP contribution in [0.4, 0.5) is 4.79 Å². The number of primary amides is 1. The molecule has 1 heterocycles. The Bertz CT molecular complexity index is 316. The predicted octanol–water partition coefficient (Wildman–Crippen LogP) is -0.0948. The Balaban J connectivity index is 2.62. The summed E-state index contributed by atoms with van der Waals surface area (Å²) in [6, 6.07) is -0.682. The summed E-state index contributed by atoms with van der Waals surface area (Å²) in [7, 11) is 0. The zero-order valence-corrected chi connectivity index (χ0v) is 7.27. The third-order valence-electron chi connectivity index (χ3n) is 1.46. The van der Waals surface area contributed by atoms with Gasteiger partial charge in [-0.2, -0.15) is 5.10 Å². The Morgan fingerprint density at radius 2 is 2.69 bits per heavy atom. The lowest BCUT2D eigenvalue weighted by Gasteiger charge is -1.97. The van der Waals surface area contributed by atoms with E-state index >= 15 is 0 Å². The van der Waals surface area contributed by atoms with Gasteiger partial charge in [-0.3, -0.25) is 0 Å². The van der Waals surface area contributed by atoms with Crippen LogP contribution in [0.15, 0.2) is 17.6 Å². The number of aryl methyl sites for hydroxylation is 1. The smallest absolute Gasteiger partial charge is 0.332 e. The molecule has 0 radical (unpaired) electrons. The second kappa shape index (κ2) is 4.24. The number of amides is 2. The first-order chi connectivity index (χ1) is 6.24. The molecule has 6 nitrogen and oxygen atoms in total. The van der Waals surface area contributed by atoms with Gasteiger partial charge in [-0.05, 0) is 6.92 Å². The van der Waals surface area contributed by atoms with E-state index in [2.05, 4.69) is 15.5 Å². The maximum atomic E-state index is 10.3. The van der Waals surface area contributed by atoms with Crippen molar-refractivity contribution >= 4 is 12.2 Å². The number of imidazole rings is 1. The summed E-state index contributed by atoms with van der Waals surface area (Å²) < 4.78 is 1.88. The Kier molecular flexibility index (Phi) is 3.02. The fourth-order valence-electron chi connectivity index (χ4n) is 0.865. The Hall–Kier alpha value is -1.85. The van der Waals surface area contributed by atoms with Crippen molar-refractivity contribution in [2.24, 2.45) is 10.8 Å². The predicted molar refractivity (Wildman–Crippen MR) is 48.2 cm³/mol. The van der Waals surface area contributed by atoms with Crippen LogP contribution in [0.25, 0.3) is 0 Å². The van der Waals surface area contributed by atoms with Crippen molar-refractivity contribution in [1.29, 1.82) is 0 Å². The van der Waals surface area contributed by atoms with Crippen molar-refractivity contribution in [2.75, 3.05) is 0 Å². The molecule has 0 spiro atoms. The van der Waals surface area contributed by atoms with Crippen LogP contribution in [0.1, 0.15) is 12.6 Å². The van der Waals surface area contributed by atoms with Gasteiger partial charge in [0, 0.05) is 6.54 Å². The number of hydrogen-bond acceptors (Lipinski definition) is 3. The molecule has 0 aliphatic rings. The summed E-state index contributed by atoms with van der Waals surface area (Å²) in [5.74, 6) is 0. The monoisotopic (exact) mass is 181 g/mol. The fourth-order valence-corrected chi connectivity index (χ4v) is 0.865. The second-order valence-electron chi connectivity index (χ2n) is 2.34. The van der Waals surface area contributed by atoms with E-state index < -0.39 is 6.03 Å². The van der Waals surface area contributed by atoms with Gasteiger partial charge in [0.2, 0.25) is 0 Å². The van der Waals surface area contributed by atoms with Gasteiger partial charge >= 0.3 is 6.03 Å². The van der Waals surface area contributed by atoms with Crippen LogP contribution in [0.3, 0.4) is 0 Å². The van der Waals surface area contributed by atoms with Gasteiger partial charge in [-0.15, -0.1) is 0 Å². The van der Waals surface area contributed by atoms with E-state index in [-0.39, 0.29) is 0 Å². The average molecular weight is 181 g/mol. The van der Waals surface area contributed by atoms with E-state index in [9.17, 15) is 4.79 Å². The van der Waals surface area contributed by atoms with Crippen LogP contribution in [0.5, 0.6) is 0 Å². The largest absolute Gasteiger partial charge is 0.350 e. The number of carbonyl (C=O) groups excluding carboxylic acids is 1. The Morgan fingerprint density at radius 3 is 3.31 bits per heavy atom. The lowest BCUT2D eigenvalue weighted by molar-refractivity contribution is 0.249. The molecule has 1 rings (SSSR count). The summed E-state index contributed by atoms with van der Waals surface area (Å²) in [6.07, 6.45) is 4.82. The van der Waals surface area contributed by atoms with Gasteiger partial charge in [0.25, 0.3) is 0 Å². The summed E-state index contributed by atoms with van der Waals surface area (Å²) >= 11 is 0. The van der Waals surface area contributed by atoms with E-state index in [0.717, 1.165) is 12.2 Å². The SMILES string of the molecule is CCn1cncc1/C=N/NC(N)=O. The van der Waals surface area contributed by atoms with Crippen LogP contribution in [0.2, 0.25) is 0 Å². The van der Waals surface area contributed by atoms with Crippen LogP contribution in [-0.4, -0.2) is 21.8 Å². The molecule has 0 aromatic carbocycles. The van der Waals surface area contributed by atoms with Crippen molar-refractivity contribution in [3.05, 3.63) is 18.2 Å². The van der Waals surface area contributed by atoms with Crippen LogP contribution in [-0.2, 0) is 6.54 Å². The van der Waals surface area contributed by atoms with Crippen LogP contribution in [0, 0.1) is 0 Å². The molecule has 0 fully saturated rings. The zero-order valence-electron chi connectivity index (χ0n) is 7.27. The van der Waals surface area contributed by atoms with Crippen molar-refractivity contribution in [2.45, 2.75) is 13.5 Å². The Labute approximate surface area is 75.4 Å². The summed E-state index contributed by atoms with van der Waals surface area (Å²) in [5.41, 5.74) is 7.73. The lowest BCUT2D eigenvalue weighted by atomic mass is 10.5. The molecule has 0 bridgehead atoms. The molecule has 0 aliphatic carbocycles. The molecule has 0 saturated heterocycles. The van der Waals surface area contributed by atoms with Gasteiger partial charge in [0.05, 0.1) is 24.4 Å². The number of rotatable bonds is 3. The first-order valence-electron chi connectivity index (χ1n) is 3.82. The summed E-state index contributed by atoms with van der Waals surface area (Å²) in [6.45, 7) is 2.79. The maximum Gasteiger partial charge on any atom is 0.332 e. The highest BCUT2D eigenvalue weighted by atomic mass is 16.2. The first-order valence-corrected chi connectivity index (χ1v) is 3.82. The molecule has 70 valence electrons. The molecule has 1 aromatic heterocycles. The highest BCUT2D eigenvalue weighted by Crippen LogP contribution is 1.94. The number of aromatic nitrogens is 2. The minimum Gasteiger partial charge on any atom is -0.350 e. The van der Waals surface area contributed by atoms with Gasteiger partial charge in [0.15, 0.2) is 0 Å². The van der Waals surface area contributed by atoms with Gasteiger partial charge in [-0.25, -0.2) is 15.2 Å². The van der Waals surface area contributed by atoms with Gasteiger partial charge in [0.1, 0.15) is 0 Å². The number of nitrogens with two attached hydrogens (primary N) is 1. The second-order valence-corrected chi connectivity index (χ2v) is 2.34. The van der Waals surface area contributed by atoms with E-state index in [1.54, 1.807) is 12.5 Å². The van der Waals surface area contributed by atoms with E-state index in [0.29, 0.717) is 0 Å². The summed E-state index contributed by atoms with van der Waals surface area (Å²) in [5, 5.41) is 3.61. The van der Waals surface area contributed by atoms with Gasteiger partial charge in [-0.1, -0.05) is 0 Å². The number of carbonyl (C=O) groups is 1. The number of nitrogens with one attached hydrogen (secondary N) is 1. The average Bonchev–Trinajstić information content (AvgIpc) is 2.51. The molecule has 3 N–H and O–H groups in total. The normalized spacial score (nSPS) is 10.5. The molecule has 13 heavy (non-hydrogen) atoms. The molecule has 0 aliphatic heterocycles. The molecule has 2 amide bonds. The molecule has 6 heteroatoms. The minimum absolute atomic E-state index is 0.682. The highest BCUT2D eigenvalue weighted by Gasteiger charge is 1.95. The highest BCUT2D eigenvalue weighted by molar-refractivity contribution is 5.79. The molecule has 1 aromatic rings. The molecule has 0 atom stereocenters. The first kappa shape index (κ1) is 9.24. The number of hydrogen-bond donors (Lipinski definition) is 2. The third-order valence-corrected chi connectivity index (χ3v) is 1.46. The van der Waals surface area contributed by atoms with Gasteiger partial charge < -0.3 is 10.3 Å². The van der Waals surface area contributed by atoms with Crippen molar-refractivity contribution < 1.29 is 4.79 Å². The fraction of sp³-hybridized carbons (Fsp3) is 0.286. The topological polar surface area (TPSA) is 85.3 Å². The van der Waals surface area contributed by atoms with E-state index in [1.807, 2.05) is 11.5 Å². The van der Waals surface area contributed by atoms with Crippen molar-refractivity contribution in [1.82, 2.24) is 15.0 Å². The van der Waals surface area contributed by atoms with Crippen LogP contribution < -0.4 is 11.2 Å². The number of hydrazone groups is 1. The Morgan fingerprint density at radius 1 is 1.92 bits per heavy atom. The van der Waals surface area contributed by atoms with Crippen molar-refractivity contribution in [3.63, 3.8) is 0 Å². The minimum atomic E-state index is -0.682. The van der Waals surface area contributed by atoms with Crippen LogP contribution >= 0.6 is 0 Å². The number of nitrogens with zero attached hydrogens (tertiary/aromatic N) is 3. The van der Waals surface area contributed by atoms with E-state index in [1.165, 1.54) is 6.21 Å². The maximum absolute atomic E-state index is 10.3. The lowest BCUT2D eigenvalue weighted by Crippen LogP contribution is -2.24. The molecular formula is C7H11N5O. The quantitative estimate of drug-likeness (QED) is 0.504. The van der Waals surface area contributed by atoms with Crippen molar-refractivity contribution in [3.8, 4) is 0 Å². The molecule has 0 saturated carbocycles. The molecular weight excluding hydrogens is 170 g/mol. The standard InChI is InChI=1S/C7H11N5O/c1-2-12-5-9-3-6(12)4-10-11-7(8)13/h3-5H,2H2,1H3,(H3,8,11,13)/b10-4+. The summed E-state index contributed by atoms with van der Waals surface area (Å²) in [4.78, 5) is 14.2.